The van der Waals surface area contributed by atoms with Gasteiger partial charge in [0, 0.05) is 87.9 Å². The Morgan fingerprint density at radius 2 is 0.862 bits per heavy atom. The lowest BCUT2D eigenvalue weighted by molar-refractivity contribution is -0.241. The number of benzene rings is 2. The minimum absolute atomic E-state index is 0.00774. The number of amides is 8. The Morgan fingerprint density at radius 1 is 0.532 bits per heavy atom. The van der Waals surface area contributed by atoms with Crippen molar-refractivity contribution >= 4 is 128 Å². The van der Waals surface area contributed by atoms with Crippen molar-refractivity contribution in [2.24, 2.45) is 22.7 Å². The number of rotatable bonds is 29. The molecule has 42 heteroatoms. The number of anilines is 2. The number of ketones is 2. The largest absolute Gasteiger partial charge is 0.461 e. The van der Waals surface area contributed by atoms with Gasteiger partial charge in [-0.15, -0.1) is 25.3 Å². The van der Waals surface area contributed by atoms with Crippen molar-refractivity contribution in [2.75, 3.05) is 63.2 Å². The van der Waals surface area contributed by atoms with Crippen molar-refractivity contribution in [3.05, 3.63) is 84.0 Å². The Hall–Kier alpha value is -10.9. The summed E-state index contributed by atoms with van der Waals surface area (Å²) in [4.78, 5) is 180. The van der Waals surface area contributed by atoms with Crippen LogP contribution in [0.5, 0.6) is 11.5 Å². The zero-order valence-corrected chi connectivity index (χ0v) is 61.5. The third-order valence-electron chi connectivity index (χ3n) is 14.4. The fourth-order valence-electron chi connectivity index (χ4n) is 8.83. The number of imide groups is 2. The van der Waals surface area contributed by atoms with Crippen LogP contribution >= 0.6 is 0 Å². The summed E-state index contributed by atoms with van der Waals surface area (Å²) >= 11 is 0. The summed E-state index contributed by atoms with van der Waals surface area (Å²) < 4.78 is 83.2. The highest BCUT2D eigenvalue weighted by atomic mass is 32.2. The van der Waals surface area contributed by atoms with E-state index in [1.165, 1.54) is 19.1 Å². The van der Waals surface area contributed by atoms with Crippen molar-refractivity contribution in [3.8, 4) is 11.5 Å². The number of aliphatic hydroxyl groups excluding tert-OH is 6. The van der Waals surface area contributed by atoms with Gasteiger partial charge in [-0.1, -0.05) is 38.1 Å². The average Bonchev–Trinajstić information content (AvgIpc) is 1.63. The predicted octanol–water partition coefficient (Wildman–Crippen LogP) is -2.64. The van der Waals surface area contributed by atoms with E-state index < -0.39 is 153 Å². The van der Waals surface area contributed by atoms with Crippen LogP contribution < -0.4 is 30.7 Å². The molecule has 0 saturated carbocycles. The van der Waals surface area contributed by atoms with Crippen LogP contribution in [0.1, 0.15) is 98.6 Å². The molecule has 2 aromatic carbocycles. The van der Waals surface area contributed by atoms with Gasteiger partial charge in [0.15, 0.2) is 5.78 Å². The number of carbonyl (C=O) groups is 12. The number of ether oxygens (including phenoxy) is 6. The molecule has 2 fully saturated rings. The number of Topliss-reactive ketones (excluding diaryl/α,β-unsaturated/α-hetero) is 2. The first kappa shape index (κ1) is 96.1. The van der Waals surface area contributed by atoms with Gasteiger partial charge in [0.1, 0.15) is 67.1 Å². The van der Waals surface area contributed by atoms with Crippen molar-refractivity contribution in [1.29, 1.82) is 0 Å². The van der Waals surface area contributed by atoms with Gasteiger partial charge in [-0.05, 0) is 89.1 Å². The SMILES string of the molecule is C[C@H](CC(=O)CCN1C(=O)C=CC1=O)C(=O)NCCC(=O)Nc1cc(/C=C/COC(=O)C(C)(C)C)ccc1O[C@@H]1OC[C@@H](O)[C@H](O)[C@H]1O.C[C@H](CC(=O)CN1C(=O)C=CC1=O)C(=O)NCCC(=O)Nc1cc(/C=C/COC(=O)C(C)(C)C)ccc1O[C@@H]1OC[C@@H](O)[C@H](O)[C@H]1O.O=C=O.O=C=O.O=S(=O)=O.O=S(=O)=O. The Kier molecular flexibility index (Phi) is 42.7. The van der Waals surface area contributed by atoms with Crippen LogP contribution in [0.15, 0.2) is 72.9 Å². The first-order valence-corrected chi connectivity index (χ1v) is 34.3. The molecule has 4 heterocycles. The highest BCUT2D eigenvalue weighted by molar-refractivity contribution is 7.59. The molecule has 598 valence electrons. The maximum Gasteiger partial charge on any atom is 0.425 e. The number of hydrogen-bond donors (Lipinski definition) is 10. The number of nitrogens with one attached hydrogen (secondary N) is 4. The molecule has 0 aliphatic carbocycles. The van der Waals surface area contributed by atoms with Crippen LogP contribution in [0, 0.1) is 22.7 Å². The second-order valence-electron chi connectivity index (χ2n) is 25.3. The quantitative estimate of drug-likeness (QED) is 0.0294. The van der Waals surface area contributed by atoms with Crippen LogP contribution in [0.25, 0.3) is 12.2 Å². The van der Waals surface area contributed by atoms with Crippen LogP contribution in [-0.4, -0.2) is 251 Å². The molecule has 4 aliphatic heterocycles. The van der Waals surface area contributed by atoms with Gasteiger partial charge < -0.3 is 80.3 Å². The molecule has 0 bridgehead atoms. The van der Waals surface area contributed by atoms with E-state index >= 15 is 0 Å². The minimum Gasteiger partial charge on any atom is -0.461 e. The highest BCUT2D eigenvalue weighted by Crippen LogP contribution is 2.32. The lowest BCUT2D eigenvalue weighted by Gasteiger charge is -2.35. The highest BCUT2D eigenvalue weighted by Gasteiger charge is 2.41. The summed E-state index contributed by atoms with van der Waals surface area (Å²) in [6.07, 6.45) is -0.868. The van der Waals surface area contributed by atoms with E-state index in [2.05, 4.69) is 21.3 Å². The summed E-state index contributed by atoms with van der Waals surface area (Å²) in [5.74, 6) is -7.05. The topological polar surface area (TPSA) is 607 Å². The van der Waals surface area contributed by atoms with Crippen LogP contribution in [0.4, 0.5) is 11.4 Å². The van der Waals surface area contributed by atoms with Crippen molar-refractivity contribution in [1.82, 2.24) is 20.4 Å². The number of aliphatic hydroxyl groups is 6. The maximum absolute atomic E-state index is 12.9. The summed E-state index contributed by atoms with van der Waals surface area (Å²) in [7, 11) is -6.22. The molecule has 10 N–H and O–H groups in total. The lowest BCUT2D eigenvalue weighted by Crippen LogP contribution is -2.54. The monoisotopic (exact) mass is 1580 g/mol. The van der Waals surface area contributed by atoms with Gasteiger partial charge in [0.25, 0.3) is 23.6 Å². The molecule has 0 spiro atoms. The second kappa shape index (κ2) is 48.4. The molecular formula is C67H84N6O34S2. The first-order chi connectivity index (χ1) is 50.9. The van der Waals surface area contributed by atoms with Gasteiger partial charge >= 0.3 is 45.5 Å². The minimum atomic E-state index is -3.11. The summed E-state index contributed by atoms with van der Waals surface area (Å²) in [6.45, 7) is 12.2. The van der Waals surface area contributed by atoms with Crippen molar-refractivity contribution < 1.29 is 161 Å². The zero-order chi connectivity index (χ0) is 83.1. The second-order valence-corrected chi connectivity index (χ2v) is 26.1. The molecule has 10 atom stereocenters. The first-order valence-electron chi connectivity index (χ1n) is 32.3. The molecule has 2 saturated heterocycles. The summed E-state index contributed by atoms with van der Waals surface area (Å²) in [5, 5.41) is 70.7. The molecular weight excluding hydrogens is 1500 g/mol. The van der Waals surface area contributed by atoms with Crippen molar-refractivity contribution in [3.63, 3.8) is 0 Å². The molecule has 0 radical (unpaired) electrons. The Morgan fingerprint density at radius 3 is 1.20 bits per heavy atom. The smallest absolute Gasteiger partial charge is 0.425 e. The standard InChI is InChI=1S/C33H43N3O12.C32H41N3O12.2CO2.2O3S/c1-19(16-21(37)12-14-36-26(40)9-10-27(36)41)30(44)34-13-11-25(39)35-22-17-20(6-5-15-46-32(45)33(2,3)4)7-8-24(22)48-31-29(43)28(42)23(38)18-47-31;1-18(14-20(36)16-35-25(39)9-10-26(35)40)29(43)33-12-11-24(38)34-21-15-19(6-5-13-45-31(44)32(2,3)4)7-8-23(21)47-30-28(42)27(41)22(37)17-46-30;2*2-1-3;2*1-4(2)3/h5-10,17,19,23,28-29,31,38,42-43H,11-16,18H2,1-4H3,(H,34,44)(H,35,39);5-10,15,18,22,27-28,30,37,41-42H,11-14,16-17H2,1-4H3,(H,33,43)(H,34,38);;;;/b2*6-5+;;;;/t19-,23-,28+,29-,31+;18-,22-,27+,28-,30+;;;;/m11..../s1. The van der Waals surface area contributed by atoms with Gasteiger partial charge in [-0.25, -0.2) is 0 Å². The Bertz CT molecular complexity index is 3900. The van der Waals surface area contributed by atoms with Gasteiger partial charge in [0.2, 0.25) is 36.2 Å². The molecule has 8 amide bonds. The lowest BCUT2D eigenvalue weighted by atomic mass is 9.97. The van der Waals surface area contributed by atoms with E-state index in [-0.39, 0.29) is 131 Å². The summed E-state index contributed by atoms with van der Waals surface area (Å²) in [5.41, 5.74) is 0.173. The predicted molar refractivity (Wildman–Crippen MR) is 364 cm³/mol. The third-order valence-corrected chi connectivity index (χ3v) is 14.4. The average molecular weight is 1580 g/mol. The number of esters is 2. The zero-order valence-electron chi connectivity index (χ0n) is 59.9. The van der Waals surface area contributed by atoms with E-state index in [0.29, 0.717) is 11.1 Å². The molecule has 4 aliphatic rings. The van der Waals surface area contributed by atoms with E-state index in [1.807, 2.05) is 0 Å². The maximum atomic E-state index is 12.9. The molecule has 0 aromatic heterocycles. The van der Waals surface area contributed by atoms with Gasteiger partial charge in [-0.2, -0.15) is 19.2 Å². The fourth-order valence-corrected chi connectivity index (χ4v) is 8.83. The number of carbonyl (C=O) groups excluding carboxylic acids is 16. The Labute approximate surface area is 624 Å². The molecule has 0 unspecified atom stereocenters. The molecule has 6 rings (SSSR count). The van der Waals surface area contributed by atoms with E-state index in [1.54, 1.807) is 97.0 Å². The Balaban J connectivity index is 0.000000929. The fraction of sp³-hybridized carbons (Fsp3) is 0.493. The van der Waals surface area contributed by atoms with Crippen molar-refractivity contribution in [2.45, 2.75) is 137 Å². The van der Waals surface area contributed by atoms with E-state index in [4.69, 9.17) is 72.9 Å². The van der Waals surface area contributed by atoms with E-state index in [9.17, 15) is 88.2 Å². The summed E-state index contributed by atoms with van der Waals surface area (Å²) in [6, 6.07) is 9.35. The molecule has 2 aromatic rings. The van der Waals surface area contributed by atoms with Crippen LogP contribution in [0.3, 0.4) is 0 Å². The van der Waals surface area contributed by atoms with Crippen LogP contribution in [-0.2, 0) is 117 Å². The van der Waals surface area contributed by atoms with E-state index in [0.717, 1.165) is 34.1 Å². The normalized spacial score (nSPS) is 19.6. The van der Waals surface area contributed by atoms with Crippen LogP contribution in [0.2, 0.25) is 0 Å². The number of hydrogen-bond acceptors (Lipinski definition) is 34. The number of nitrogens with zero attached hydrogens (tertiary/aromatic N) is 2. The van der Waals surface area contributed by atoms with Gasteiger partial charge in [-0.3, -0.25) is 67.3 Å². The van der Waals surface area contributed by atoms with Gasteiger partial charge in [0.05, 0.1) is 42.0 Å². The molecule has 40 nitrogen and oxygen atoms in total. The molecule has 109 heavy (non-hydrogen) atoms. The third kappa shape index (κ3) is 37.0.